The molecular formula is C23H37N3O9. The van der Waals surface area contributed by atoms with E-state index in [4.69, 9.17) is 14.2 Å². The molecule has 2 fully saturated rings. The number of nitrogens with one attached hydrogen (secondary N) is 3. The Balaban J connectivity index is 2.09. The molecule has 0 aromatic carbocycles. The third-order valence-electron chi connectivity index (χ3n) is 6.04. The molecule has 0 bridgehead atoms. The minimum atomic E-state index is -1.63. The summed E-state index contributed by atoms with van der Waals surface area (Å²) in [7, 11) is 0. The zero-order valence-electron chi connectivity index (χ0n) is 21.3. The Labute approximate surface area is 204 Å². The van der Waals surface area contributed by atoms with Crippen LogP contribution >= 0.6 is 0 Å². The number of alkyl carbamates (subject to hydrolysis) is 1. The highest BCUT2D eigenvalue weighted by Crippen LogP contribution is 2.63. The van der Waals surface area contributed by atoms with Crippen LogP contribution in [0.5, 0.6) is 0 Å². The molecule has 0 heterocycles. The fraction of sp³-hybridized carbons (Fsp3) is 0.783. The van der Waals surface area contributed by atoms with Gasteiger partial charge in [-0.2, -0.15) is 0 Å². The van der Waals surface area contributed by atoms with E-state index in [-0.39, 0.29) is 19.6 Å². The first-order valence-electron chi connectivity index (χ1n) is 11.8. The molecule has 12 heteroatoms. The van der Waals surface area contributed by atoms with Crippen LogP contribution in [0, 0.1) is 17.8 Å². The van der Waals surface area contributed by atoms with E-state index in [1.807, 2.05) is 0 Å². The van der Waals surface area contributed by atoms with E-state index in [9.17, 15) is 29.1 Å². The van der Waals surface area contributed by atoms with Crippen molar-refractivity contribution in [1.29, 1.82) is 0 Å². The number of aliphatic hydroxyl groups is 1. The summed E-state index contributed by atoms with van der Waals surface area (Å²) >= 11 is 0. The summed E-state index contributed by atoms with van der Waals surface area (Å²) in [4.78, 5) is 62.7. The second-order valence-corrected chi connectivity index (χ2v) is 9.93. The average Bonchev–Trinajstić information content (AvgIpc) is 3.41. The fourth-order valence-corrected chi connectivity index (χ4v) is 4.54. The highest BCUT2D eigenvalue weighted by atomic mass is 16.6. The summed E-state index contributed by atoms with van der Waals surface area (Å²) in [5.41, 5.74) is -2.38. The number of ether oxygens (including phenoxy) is 3. The van der Waals surface area contributed by atoms with Gasteiger partial charge in [-0.25, -0.2) is 9.59 Å². The number of hydrogen-bond acceptors (Lipinski definition) is 9. The van der Waals surface area contributed by atoms with Gasteiger partial charge in [-0.1, -0.05) is 0 Å². The lowest BCUT2D eigenvalue weighted by molar-refractivity contribution is -0.156. The van der Waals surface area contributed by atoms with Crippen LogP contribution in [0.15, 0.2) is 0 Å². The molecule has 0 radical (unpaired) electrons. The van der Waals surface area contributed by atoms with E-state index >= 15 is 0 Å². The van der Waals surface area contributed by atoms with E-state index in [0.717, 1.165) is 0 Å². The number of carbonyl (C=O) groups excluding carboxylic acids is 5. The van der Waals surface area contributed by atoms with Crippen molar-refractivity contribution >= 4 is 29.8 Å². The molecule has 2 saturated carbocycles. The third kappa shape index (κ3) is 6.41. The van der Waals surface area contributed by atoms with E-state index in [1.54, 1.807) is 34.6 Å². The number of esters is 2. The number of aliphatic hydroxyl groups excluding tert-OH is 1. The van der Waals surface area contributed by atoms with Gasteiger partial charge in [0.25, 0.3) is 0 Å². The van der Waals surface area contributed by atoms with Gasteiger partial charge in [0.1, 0.15) is 23.2 Å². The summed E-state index contributed by atoms with van der Waals surface area (Å²) < 4.78 is 15.4. The third-order valence-corrected chi connectivity index (χ3v) is 6.04. The predicted molar refractivity (Wildman–Crippen MR) is 122 cm³/mol. The van der Waals surface area contributed by atoms with Crippen LogP contribution in [-0.2, 0) is 33.4 Å². The van der Waals surface area contributed by atoms with Crippen molar-refractivity contribution in [1.82, 2.24) is 16.0 Å². The number of hydrogen-bond donors (Lipinski definition) is 4. The van der Waals surface area contributed by atoms with Gasteiger partial charge >= 0.3 is 18.0 Å². The van der Waals surface area contributed by atoms with Crippen molar-refractivity contribution in [3.63, 3.8) is 0 Å². The van der Waals surface area contributed by atoms with Crippen LogP contribution < -0.4 is 16.0 Å². The number of fused-ring (bicyclic) bond motifs is 1. The zero-order chi connectivity index (χ0) is 26.7. The van der Waals surface area contributed by atoms with Crippen LogP contribution in [0.1, 0.15) is 54.9 Å². The minimum Gasteiger partial charge on any atom is -0.466 e. The maximum Gasteiger partial charge on any atom is 0.408 e. The standard InChI is InChI=1S/C23H37N3O9/c1-8-33-19(30)15-14-13(27)10-23(16(14)15,20(31)34-9-2)26-18(29)12(4)24-17(28)11(3)25-21(32)35-22(5,6)7/h11-16,27H,8-10H2,1-7H3,(H,24,28)(H,25,32)(H,26,29)/t11-,12-,13-,14-,15-,16-,23-/m0/s1. The molecule has 0 saturated heterocycles. The van der Waals surface area contributed by atoms with Crippen LogP contribution in [0.3, 0.4) is 0 Å². The largest absolute Gasteiger partial charge is 0.466 e. The second kappa shape index (κ2) is 10.8. The van der Waals surface area contributed by atoms with Crippen molar-refractivity contribution < 1.29 is 43.3 Å². The van der Waals surface area contributed by atoms with Crippen LogP contribution in [0.2, 0.25) is 0 Å². The molecule has 0 aromatic heterocycles. The normalized spacial score (nSPS) is 28.6. The molecule has 0 aliphatic heterocycles. The summed E-state index contributed by atoms with van der Waals surface area (Å²) in [6, 6.07) is -2.11. The Kier molecular flexibility index (Phi) is 8.75. The van der Waals surface area contributed by atoms with Gasteiger partial charge < -0.3 is 35.3 Å². The molecule has 0 spiro atoms. The van der Waals surface area contributed by atoms with E-state index in [0.29, 0.717) is 0 Å². The Bertz CT molecular complexity index is 856. The van der Waals surface area contributed by atoms with Crippen molar-refractivity contribution in [2.24, 2.45) is 17.8 Å². The highest BCUT2D eigenvalue weighted by Gasteiger charge is 2.76. The Morgan fingerprint density at radius 2 is 1.54 bits per heavy atom. The summed E-state index contributed by atoms with van der Waals surface area (Å²) in [6.07, 6.45) is -1.93. The van der Waals surface area contributed by atoms with Gasteiger partial charge in [0.05, 0.1) is 25.2 Å². The smallest absolute Gasteiger partial charge is 0.408 e. The first kappa shape index (κ1) is 28.3. The molecule has 2 aliphatic rings. The maximum absolute atomic E-state index is 13.0. The van der Waals surface area contributed by atoms with Crippen molar-refractivity contribution in [2.75, 3.05) is 13.2 Å². The number of carbonyl (C=O) groups is 5. The molecule has 0 unspecified atom stereocenters. The molecule has 2 aliphatic carbocycles. The Morgan fingerprint density at radius 1 is 0.971 bits per heavy atom. The highest BCUT2D eigenvalue weighted by molar-refractivity contribution is 5.95. The molecular weight excluding hydrogens is 462 g/mol. The van der Waals surface area contributed by atoms with Crippen molar-refractivity contribution in [3.8, 4) is 0 Å². The molecule has 12 nitrogen and oxygen atoms in total. The SMILES string of the molecule is CCOC(=O)[C@H]1[C@H]2[C@@H]1[C@](NC(=O)[C@H](C)NC(=O)[C@H](C)NC(=O)OC(C)(C)C)(C(=O)OCC)C[C@@H]2O. The molecule has 4 N–H and O–H groups in total. The van der Waals surface area contributed by atoms with E-state index < -0.39 is 76.9 Å². The van der Waals surface area contributed by atoms with Crippen LogP contribution in [-0.4, -0.2) is 77.5 Å². The van der Waals surface area contributed by atoms with Crippen molar-refractivity contribution in [3.05, 3.63) is 0 Å². The Morgan fingerprint density at radius 3 is 2.09 bits per heavy atom. The van der Waals surface area contributed by atoms with Crippen LogP contribution in [0.25, 0.3) is 0 Å². The molecule has 2 rings (SSSR count). The lowest BCUT2D eigenvalue weighted by atomic mass is 9.89. The van der Waals surface area contributed by atoms with E-state index in [1.165, 1.54) is 13.8 Å². The molecule has 3 amide bonds. The summed E-state index contributed by atoms with van der Waals surface area (Å²) in [6.45, 7) is 11.3. The first-order valence-corrected chi connectivity index (χ1v) is 11.8. The molecule has 0 aromatic rings. The molecule has 7 atom stereocenters. The van der Waals surface area contributed by atoms with Gasteiger partial charge in [0, 0.05) is 18.3 Å². The van der Waals surface area contributed by atoms with Crippen LogP contribution in [0.4, 0.5) is 4.79 Å². The Hall–Kier alpha value is -2.89. The van der Waals surface area contributed by atoms with Gasteiger partial charge in [-0.15, -0.1) is 0 Å². The van der Waals surface area contributed by atoms with E-state index in [2.05, 4.69) is 16.0 Å². The predicted octanol–water partition coefficient (Wildman–Crippen LogP) is 0.0123. The lowest BCUT2D eigenvalue weighted by Gasteiger charge is -2.32. The molecule has 35 heavy (non-hydrogen) atoms. The quantitative estimate of drug-likeness (QED) is 0.252. The van der Waals surface area contributed by atoms with Gasteiger partial charge in [-0.05, 0) is 48.5 Å². The number of rotatable bonds is 9. The zero-order valence-corrected chi connectivity index (χ0v) is 21.3. The monoisotopic (exact) mass is 499 g/mol. The van der Waals surface area contributed by atoms with Gasteiger partial charge in [0.15, 0.2) is 0 Å². The second-order valence-electron chi connectivity index (χ2n) is 9.93. The fourth-order valence-electron chi connectivity index (χ4n) is 4.54. The van der Waals surface area contributed by atoms with Crippen molar-refractivity contribution in [2.45, 2.75) is 84.2 Å². The number of amides is 3. The first-order chi connectivity index (χ1) is 16.2. The minimum absolute atomic E-state index is 0.0359. The summed E-state index contributed by atoms with van der Waals surface area (Å²) in [5, 5.41) is 18.0. The maximum atomic E-state index is 13.0. The topological polar surface area (TPSA) is 169 Å². The lowest BCUT2D eigenvalue weighted by Crippen LogP contribution is -2.61. The summed E-state index contributed by atoms with van der Waals surface area (Å²) in [5.74, 6) is -4.64. The average molecular weight is 500 g/mol. The van der Waals surface area contributed by atoms with Gasteiger partial charge in [-0.3, -0.25) is 14.4 Å². The van der Waals surface area contributed by atoms with Gasteiger partial charge in [0.2, 0.25) is 11.8 Å². The molecule has 198 valence electrons.